The van der Waals surface area contributed by atoms with Crippen molar-refractivity contribution in [3.05, 3.63) is 39.0 Å². The molecule has 1 aromatic heterocycles. The van der Waals surface area contributed by atoms with Crippen molar-refractivity contribution in [2.24, 2.45) is 0 Å². The van der Waals surface area contributed by atoms with Crippen molar-refractivity contribution < 1.29 is 23.1 Å². The summed E-state index contributed by atoms with van der Waals surface area (Å²) in [5, 5.41) is 0.396. The fourth-order valence-electron chi connectivity index (χ4n) is 1.44. The third-order valence-corrected chi connectivity index (χ3v) is 5.82. The first-order valence-corrected chi connectivity index (χ1v) is 7.94. The van der Waals surface area contributed by atoms with Crippen molar-refractivity contribution in [3.8, 4) is 0 Å². The standard InChI is InChI=1S/C10H5BrF2NO3PS/c1-14-6-3-2-5-4-7(19-9(5)8(6)11)10(12,13)18(15,16)17/h2-4H,(H2,15,16,17). The zero-order valence-electron chi connectivity index (χ0n) is 8.97. The third kappa shape index (κ3) is 2.33. The van der Waals surface area contributed by atoms with E-state index >= 15 is 0 Å². The zero-order valence-corrected chi connectivity index (χ0v) is 12.3. The molecule has 0 unspecified atom stereocenters. The minimum atomic E-state index is -5.58. The Morgan fingerprint density at radius 3 is 2.58 bits per heavy atom. The number of hydrogen-bond acceptors (Lipinski definition) is 2. The van der Waals surface area contributed by atoms with E-state index in [1.54, 1.807) is 0 Å². The van der Waals surface area contributed by atoms with E-state index in [0.717, 1.165) is 6.07 Å². The van der Waals surface area contributed by atoms with E-state index in [-0.39, 0.29) is 5.69 Å². The summed E-state index contributed by atoms with van der Waals surface area (Å²) in [7, 11) is -5.58. The second kappa shape index (κ2) is 4.62. The van der Waals surface area contributed by atoms with Gasteiger partial charge in [-0.15, -0.1) is 11.3 Å². The predicted octanol–water partition coefficient (Wildman–Crippen LogP) is 4.44. The third-order valence-electron chi connectivity index (χ3n) is 2.39. The number of nitrogens with zero attached hydrogens (tertiary/aromatic N) is 1. The molecule has 9 heteroatoms. The highest BCUT2D eigenvalue weighted by Gasteiger charge is 2.51. The Morgan fingerprint density at radius 1 is 1.42 bits per heavy atom. The molecule has 0 atom stereocenters. The molecule has 1 aromatic carbocycles. The molecule has 2 rings (SSSR count). The van der Waals surface area contributed by atoms with Crippen molar-refractivity contribution in [1.82, 2.24) is 0 Å². The molecule has 0 aliphatic carbocycles. The molecule has 0 amide bonds. The van der Waals surface area contributed by atoms with Gasteiger partial charge in [-0.05, 0) is 11.5 Å². The number of hydrogen-bond donors (Lipinski definition) is 2. The maximum Gasteiger partial charge on any atom is 0.400 e. The van der Waals surface area contributed by atoms with Crippen LogP contribution in [-0.4, -0.2) is 9.79 Å². The fourth-order valence-corrected chi connectivity index (χ4v) is 3.94. The molecule has 0 radical (unpaired) electrons. The highest BCUT2D eigenvalue weighted by atomic mass is 79.9. The van der Waals surface area contributed by atoms with Crippen molar-refractivity contribution in [2.75, 3.05) is 0 Å². The highest BCUT2D eigenvalue weighted by molar-refractivity contribution is 9.10. The zero-order chi connectivity index (χ0) is 14.4. The molecular formula is C10H5BrF2NO3PS. The molecule has 2 N–H and O–H groups in total. The van der Waals surface area contributed by atoms with Crippen molar-refractivity contribution in [1.29, 1.82) is 0 Å². The Morgan fingerprint density at radius 2 is 2.05 bits per heavy atom. The molecule has 2 aromatic rings. The fraction of sp³-hybridized carbons (Fsp3) is 0.100. The van der Waals surface area contributed by atoms with Gasteiger partial charge in [-0.25, -0.2) is 4.85 Å². The summed E-state index contributed by atoms with van der Waals surface area (Å²) in [6, 6.07) is 3.94. The van der Waals surface area contributed by atoms with Crippen molar-refractivity contribution >= 4 is 50.6 Å². The molecular weight excluding hydrogens is 363 g/mol. The van der Waals surface area contributed by atoms with E-state index in [4.69, 9.17) is 16.4 Å². The van der Waals surface area contributed by atoms with E-state index in [9.17, 15) is 13.3 Å². The highest BCUT2D eigenvalue weighted by Crippen LogP contribution is 2.61. The molecule has 0 saturated heterocycles. The van der Waals surface area contributed by atoms with Crippen LogP contribution < -0.4 is 0 Å². The maximum atomic E-state index is 13.6. The predicted molar refractivity (Wildman–Crippen MR) is 71.7 cm³/mol. The van der Waals surface area contributed by atoms with Crippen LogP contribution in [0.2, 0.25) is 0 Å². The van der Waals surface area contributed by atoms with E-state index in [2.05, 4.69) is 20.8 Å². The van der Waals surface area contributed by atoms with Crippen LogP contribution >= 0.6 is 34.9 Å². The molecule has 1 heterocycles. The summed E-state index contributed by atoms with van der Waals surface area (Å²) < 4.78 is 38.7. The average Bonchev–Trinajstić information content (AvgIpc) is 2.73. The van der Waals surface area contributed by atoms with Crippen molar-refractivity contribution in [2.45, 2.75) is 5.66 Å². The summed E-state index contributed by atoms with van der Waals surface area (Å²) in [6.07, 6.45) is 0. The topological polar surface area (TPSA) is 61.9 Å². The normalized spacial score (nSPS) is 12.6. The van der Waals surface area contributed by atoms with E-state index in [1.165, 1.54) is 12.1 Å². The SMILES string of the molecule is [C-]#[N+]c1ccc2cc(C(F)(F)P(=O)(O)O)sc2c1Br. The lowest BCUT2D eigenvalue weighted by atomic mass is 10.2. The quantitative estimate of drug-likeness (QED) is 0.609. The number of fused-ring (bicyclic) bond motifs is 1. The van der Waals surface area contributed by atoms with Gasteiger partial charge in [0.1, 0.15) is 0 Å². The van der Waals surface area contributed by atoms with Gasteiger partial charge in [0.2, 0.25) is 5.69 Å². The molecule has 19 heavy (non-hydrogen) atoms. The Balaban J connectivity index is 2.71. The van der Waals surface area contributed by atoms with Gasteiger partial charge < -0.3 is 9.79 Å². The Labute approximate surface area is 118 Å². The lowest BCUT2D eigenvalue weighted by molar-refractivity contribution is 0.0602. The Kier molecular flexibility index (Phi) is 3.54. The van der Waals surface area contributed by atoms with Crippen molar-refractivity contribution in [3.63, 3.8) is 0 Å². The van der Waals surface area contributed by atoms with Gasteiger partial charge in [-0.2, -0.15) is 8.78 Å². The van der Waals surface area contributed by atoms with Crippen LogP contribution in [0.25, 0.3) is 14.9 Å². The van der Waals surface area contributed by atoms with Crippen LogP contribution in [-0.2, 0) is 10.2 Å². The maximum absolute atomic E-state index is 13.6. The number of alkyl halides is 2. The average molecular weight is 368 g/mol. The summed E-state index contributed by atoms with van der Waals surface area (Å²) in [4.78, 5) is 19.9. The van der Waals surface area contributed by atoms with Crippen LogP contribution in [0.3, 0.4) is 0 Å². The molecule has 0 saturated carbocycles. The smallest absolute Gasteiger partial charge is 0.320 e. The second-order valence-corrected chi connectivity index (χ2v) is 7.12. The number of thiophene rings is 1. The molecule has 0 bridgehead atoms. The van der Waals surface area contributed by atoms with Crippen LogP contribution in [0, 0.1) is 6.57 Å². The van der Waals surface area contributed by atoms with Crippen LogP contribution in [0.1, 0.15) is 4.88 Å². The number of rotatable bonds is 2. The molecule has 100 valence electrons. The van der Waals surface area contributed by atoms with E-state index in [1.807, 2.05) is 0 Å². The minimum Gasteiger partial charge on any atom is -0.320 e. The number of halogens is 3. The van der Waals surface area contributed by atoms with E-state index < -0.39 is 18.1 Å². The molecule has 0 fully saturated rings. The molecule has 0 aliphatic rings. The Bertz CT molecular complexity index is 749. The second-order valence-electron chi connectivity index (χ2n) is 3.62. The first kappa shape index (κ1) is 14.6. The monoisotopic (exact) mass is 367 g/mol. The first-order valence-electron chi connectivity index (χ1n) is 4.72. The molecule has 4 nitrogen and oxygen atoms in total. The summed E-state index contributed by atoms with van der Waals surface area (Å²) in [5.41, 5.74) is -3.98. The first-order chi connectivity index (χ1) is 8.68. The summed E-state index contributed by atoms with van der Waals surface area (Å²) >= 11 is 3.69. The van der Waals surface area contributed by atoms with Gasteiger partial charge in [0, 0.05) is 9.17 Å². The van der Waals surface area contributed by atoms with Crippen LogP contribution in [0.5, 0.6) is 0 Å². The summed E-state index contributed by atoms with van der Waals surface area (Å²) in [6.45, 7) is 6.92. The molecule has 0 aliphatic heterocycles. The van der Waals surface area contributed by atoms with Gasteiger partial charge in [-0.3, -0.25) is 4.57 Å². The minimum absolute atomic E-state index is 0.250. The Hall–Kier alpha value is -0.840. The van der Waals surface area contributed by atoms with Gasteiger partial charge in [0.05, 0.1) is 11.4 Å². The van der Waals surface area contributed by atoms with Crippen LogP contribution in [0.4, 0.5) is 14.5 Å². The lowest BCUT2D eigenvalue weighted by Gasteiger charge is -2.15. The van der Waals surface area contributed by atoms with E-state index in [0.29, 0.717) is 25.9 Å². The largest absolute Gasteiger partial charge is 0.400 e. The number of benzene rings is 1. The molecule has 0 spiro atoms. The van der Waals surface area contributed by atoms with Gasteiger partial charge in [-0.1, -0.05) is 28.1 Å². The van der Waals surface area contributed by atoms with Gasteiger partial charge in [0.25, 0.3) is 0 Å². The van der Waals surface area contributed by atoms with Crippen LogP contribution in [0.15, 0.2) is 22.7 Å². The lowest BCUT2D eigenvalue weighted by Crippen LogP contribution is -2.11. The van der Waals surface area contributed by atoms with Gasteiger partial charge >= 0.3 is 13.3 Å². The van der Waals surface area contributed by atoms with Gasteiger partial charge in [0.15, 0.2) is 0 Å². The summed E-state index contributed by atoms with van der Waals surface area (Å²) in [5.74, 6) is 0.